The lowest BCUT2D eigenvalue weighted by Crippen LogP contribution is -2.61. The molecule has 4 rings (SSSR count). The highest BCUT2D eigenvalue weighted by molar-refractivity contribution is 5.83. The van der Waals surface area contributed by atoms with E-state index < -0.39 is 6.04 Å². The van der Waals surface area contributed by atoms with Crippen LogP contribution in [0.2, 0.25) is 0 Å². The van der Waals surface area contributed by atoms with Crippen molar-refractivity contribution in [3.05, 3.63) is 0 Å². The summed E-state index contributed by atoms with van der Waals surface area (Å²) in [6.07, 6.45) is 6.72. The smallest absolute Gasteiger partial charge is 0.226 e. The zero-order valence-electron chi connectivity index (χ0n) is 12.6. The molecule has 4 saturated carbocycles. The van der Waals surface area contributed by atoms with Gasteiger partial charge < -0.3 is 15.5 Å². The fraction of sp³-hybridized carbons (Fsp3) is 0.938. The number of aliphatic hydroxyl groups excluding tert-OH is 2. The molecule has 4 bridgehead atoms. The summed E-state index contributed by atoms with van der Waals surface area (Å²) < 4.78 is 0. The van der Waals surface area contributed by atoms with Crippen LogP contribution in [0.15, 0.2) is 0 Å². The summed E-state index contributed by atoms with van der Waals surface area (Å²) in [6, 6.07) is -0.517. The Morgan fingerprint density at radius 1 is 1.10 bits per heavy atom. The quantitative estimate of drug-likeness (QED) is 0.730. The van der Waals surface area contributed by atoms with E-state index in [1.165, 1.54) is 19.3 Å². The topological polar surface area (TPSA) is 69.6 Å². The number of rotatable bonds is 4. The Hall–Kier alpha value is -0.610. The molecule has 0 aromatic heterocycles. The lowest BCUT2D eigenvalue weighted by Gasteiger charge is -2.64. The second-order valence-corrected chi connectivity index (χ2v) is 8.45. The maximum atomic E-state index is 12.8. The van der Waals surface area contributed by atoms with E-state index in [2.05, 4.69) is 19.2 Å². The summed E-state index contributed by atoms with van der Waals surface area (Å²) in [6.45, 7) is 4.28. The first-order valence-corrected chi connectivity index (χ1v) is 7.85. The van der Waals surface area contributed by atoms with E-state index in [1.54, 1.807) is 0 Å². The van der Waals surface area contributed by atoms with Crippen LogP contribution in [-0.2, 0) is 4.79 Å². The molecule has 4 nitrogen and oxygen atoms in total. The van der Waals surface area contributed by atoms with Gasteiger partial charge in [0.05, 0.1) is 24.7 Å². The average molecular weight is 281 g/mol. The molecule has 0 aromatic rings. The maximum absolute atomic E-state index is 12.8. The minimum absolute atomic E-state index is 0.0622. The molecule has 1 amide bonds. The molecule has 3 N–H and O–H groups in total. The van der Waals surface area contributed by atoms with Crippen molar-refractivity contribution in [2.75, 3.05) is 13.2 Å². The molecule has 2 atom stereocenters. The third-order valence-electron chi connectivity index (χ3n) is 5.88. The molecular weight excluding hydrogens is 254 g/mol. The van der Waals surface area contributed by atoms with Gasteiger partial charge in [0.25, 0.3) is 0 Å². The molecule has 20 heavy (non-hydrogen) atoms. The SMILES string of the molecule is CC12CC3CC(C)(C1)CC(C(=O)NC(CO)CO)(C3)C2. The van der Waals surface area contributed by atoms with Gasteiger partial charge >= 0.3 is 0 Å². The van der Waals surface area contributed by atoms with Gasteiger partial charge in [-0.15, -0.1) is 0 Å². The molecule has 0 heterocycles. The Labute approximate surface area is 120 Å². The van der Waals surface area contributed by atoms with Gasteiger partial charge in [0, 0.05) is 0 Å². The number of hydrogen-bond acceptors (Lipinski definition) is 3. The normalized spacial score (nSPS) is 46.0. The summed E-state index contributed by atoms with van der Waals surface area (Å²) in [4.78, 5) is 12.8. The Balaban J connectivity index is 1.83. The van der Waals surface area contributed by atoms with Gasteiger partial charge in [-0.25, -0.2) is 0 Å². The van der Waals surface area contributed by atoms with E-state index in [1.807, 2.05) is 0 Å². The molecule has 4 fully saturated rings. The summed E-state index contributed by atoms with van der Waals surface area (Å²) in [5.41, 5.74) is 0.352. The van der Waals surface area contributed by atoms with Crippen molar-refractivity contribution >= 4 is 5.91 Å². The highest BCUT2D eigenvalue weighted by atomic mass is 16.3. The van der Waals surface area contributed by atoms with Crippen molar-refractivity contribution < 1.29 is 15.0 Å². The molecule has 2 unspecified atom stereocenters. The van der Waals surface area contributed by atoms with Gasteiger partial charge in [0.15, 0.2) is 0 Å². The van der Waals surface area contributed by atoms with Crippen LogP contribution in [0.3, 0.4) is 0 Å². The van der Waals surface area contributed by atoms with Crippen molar-refractivity contribution in [1.82, 2.24) is 5.32 Å². The zero-order chi connectivity index (χ0) is 14.6. The fourth-order valence-corrected chi connectivity index (χ4v) is 6.19. The first-order chi connectivity index (χ1) is 9.32. The highest BCUT2D eigenvalue weighted by Crippen LogP contribution is 2.69. The third-order valence-corrected chi connectivity index (χ3v) is 5.88. The zero-order valence-corrected chi connectivity index (χ0v) is 12.6. The van der Waals surface area contributed by atoms with Crippen LogP contribution in [0, 0.1) is 22.2 Å². The number of carbonyl (C=O) groups excluding carboxylic acids is 1. The lowest BCUT2D eigenvalue weighted by atomic mass is 9.40. The van der Waals surface area contributed by atoms with E-state index in [9.17, 15) is 15.0 Å². The molecule has 0 radical (unpaired) electrons. The van der Waals surface area contributed by atoms with Crippen molar-refractivity contribution in [3.63, 3.8) is 0 Å². The van der Waals surface area contributed by atoms with E-state index in [4.69, 9.17) is 0 Å². The molecule has 0 spiro atoms. The van der Waals surface area contributed by atoms with Gasteiger partial charge in [-0.05, 0) is 55.3 Å². The lowest BCUT2D eigenvalue weighted by molar-refractivity contribution is -0.171. The predicted molar refractivity (Wildman–Crippen MR) is 75.9 cm³/mol. The standard InChI is InChI=1S/C16H27NO3/c1-14-3-11-4-15(2,8-14)10-16(5-11,9-14)13(20)17-12(6-18)7-19/h11-12,18-19H,3-10H2,1-2H3,(H,17,20). The molecule has 114 valence electrons. The van der Waals surface area contributed by atoms with Gasteiger partial charge in [0.2, 0.25) is 5.91 Å². The van der Waals surface area contributed by atoms with E-state index >= 15 is 0 Å². The second-order valence-electron chi connectivity index (χ2n) is 8.45. The third kappa shape index (κ3) is 2.17. The Kier molecular flexibility index (Phi) is 3.18. The van der Waals surface area contributed by atoms with Crippen LogP contribution in [0.1, 0.15) is 52.4 Å². The minimum atomic E-state index is -0.517. The van der Waals surface area contributed by atoms with Crippen LogP contribution in [0.5, 0.6) is 0 Å². The number of hydrogen-bond donors (Lipinski definition) is 3. The average Bonchev–Trinajstić information content (AvgIpc) is 2.31. The van der Waals surface area contributed by atoms with E-state index in [-0.39, 0.29) is 24.5 Å². The van der Waals surface area contributed by atoms with Crippen LogP contribution in [0.25, 0.3) is 0 Å². The molecule has 4 heteroatoms. The van der Waals surface area contributed by atoms with Crippen LogP contribution in [-0.4, -0.2) is 35.4 Å². The Morgan fingerprint density at radius 2 is 1.65 bits per heavy atom. The maximum Gasteiger partial charge on any atom is 0.226 e. The fourth-order valence-electron chi connectivity index (χ4n) is 6.19. The molecule has 0 saturated heterocycles. The van der Waals surface area contributed by atoms with Crippen molar-refractivity contribution in [1.29, 1.82) is 0 Å². The highest BCUT2D eigenvalue weighted by Gasteiger charge is 2.62. The number of aliphatic hydroxyl groups is 2. The van der Waals surface area contributed by atoms with E-state index in [0.717, 1.165) is 19.3 Å². The number of carbonyl (C=O) groups is 1. The van der Waals surface area contributed by atoms with Crippen molar-refractivity contribution in [3.8, 4) is 0 Å². The summed E-state index contributed by atoms with van der Waals surface area (Å²) in [7, 11) is 0. The first-order valence-electron chi connectivity index (χ1n) is 7.85. The number of amides is 1. The van der Waals surface area contributed by atoms with Crippen LogP contribution < -0.4 is 5.32 Å². The predicted octanol–water partition coefficient (Wildman–Crippen LogP) is 1.45. The summed E-state index contributed by atoms with van der Waals surface area (Å²) in [5, 5.41) is 21.2. The summed E-state index contributed by atoms with van der Waals surface area (Å²) in [5.74, 6) is 0.737. The molecule has 4 aliphatic rings. The first kappa shape index (κ1) is 14.3. The van der Waals surface area contributed by atoms with Crippen LogP contribution in [0.4, 0.5) is 0 Å². The Bertz CT molecular complexity index is 400. The van der Waals surface area contributed by atoms with Crippen LogP contribution >= 0.6 is 0 Å². The molecule has 0 aromatic carbocycles. The molecule has 0 aliphatic heterocycles. The van der Waals surface area contributed by atoms with Crippen molar-refractivity contribution in [2.24, 2.45) is 22.2 Å². The summed E-state index contributed by atoms with van der Waals surface area (Å²) >= 11 is 0. The Morgan fingerprint density at radius 3 is 2.10 bits per heavy atom. The van der Waals surface area contributed by atoms with Crippen molar-refractivity contribution in [2.45, 2.75) is 58.4 Å². The number of nitrogens with one attached hydrogen (secondary N) is 1. The van der Waals surface area contributed by atoms with E-state index in [0.29, 0.717) is 16.7 Å². The second kappa shape index (κ2) is 4.44. The van der Waals surface area contributed by atoms with Gasteiger partial charge in [0.1, 0.15) is 0 Å². The molecular formula is C16H27NO3. The van der Waals surface area contributed by atoms with Gasteiger partial charge in [-0.1, -0.05) is 13.8 Å². The monoisotopic (exact) mass is 281 g/mol. The van der Waals surface area contributed by atoms with Gasteiger partial charge in [-0.2, -0.15) is 0 Å². The minimum Gasteiger partial charge on any atom is -0.394 e. The van der Waals surface area contributed by atoms with Gasteiger partial charge in [-0.3, -0.25) is 4.79 Å². The molecule has 4 aliphatic carbocycles. The largest absolute Gasteiger partial charge is 0.394 e.